The smallest absolute Gasteiger partial charge is 0.247 e. The van der Waals surface area contributed by atoms with Crippen LogP contribution in [0.3, 0.4) is 0 Å². The molecule has 2 heterocycles. The Labute approximate surface area is 206 Å². The zero-order valence-electron chi connectivity index (χ0n) is 20.2. The molecular formula is C27H28F3N3O3. The van der Waals surface area contributed by atoms with Crippen LogP contribution in [-0.2, 0) is 14.3 Å². The lowest BCUT2D eigenvalue weighted by atomic mass is 9.69. The highest BCUT2D eigenvalue weighted by Gasteiger charge is 2.42. The summed E-state index contributed by atoms with van der Waals surface area (Å²) in [5.74, 6) is -2.65. The van der Waals surface area contributed by atoms with Gasteiger partial charge in [-0.3, -0.25) is 9.59 Å². The van der Waals surface area contributed by atoms with E-state index >= 15 is 0 Å². The van der Waals surface area contributed by atoms with Crippen molar-refractivity contribution in [3.63, 3.8) is 0 Å². The third-order valence-electron chi connectivity index (χ3n) is 7.18. The Morgan fingerprint density at radius 1 is 1.03 bits per heavy atom. The molecule has 0 radical (unpaired) electrons. The van der Waals surface area contributed by atoms with Crippen LogP contribution in [0.15, 0.2) is 36.4 Å². The number of aromatic amines is 1. The molecule has 1 saturated heterocycles. The van der Waals surface area contributed by atoms with Gasteiger partial charge in [0.15, 0.2) is 0 Å². The van der Waals surface area contributed by atoms with Gasteiger partial charge in [-0.15, -0.1) is 0 Å². The van der Waals surface area contributed by atoms with Crippen molar-refractivity contribution >= 4 is 22.7 Å². The van der Waals surface area contributed by atoms with Gasteiger partial charge in [-0.05, 0) is 74.1 Å². The van der Waals surface area contributed by atoms with Crippen molar-refractivity contribution in [2.75, 3.05) is 26.3 Å². The number of H-pyrrole nitrogens is 1. The number of nitrogens with zero attached hydrogens (tertiary/aromatic N) is 1. The van der Waals surface area contributed by atoms with E-state index in [2.05, 4.69) is 10.3 Å². The Bertz CT molecular complexity index is 1310. The van der Waals surface area contributed by atoms with Crippen LogP contribution in [0.4, 0.5) is 13.2 Å². The maximum absolute atomic E-state index is 14.6. The maximum atomic E-state index is 14.6. The normalized spacial score (nSPS) is 20.3. The zero-order valence-corrected chi connectivity index (χ0v) is 20.2. The molecule has 2 N–H and O–H groups in total. The molecule has 0 bridgehead atoms. The van der Waals surface area contributed by atoms with E-state index in [0.717, 1.165) is 6.07 Å². The molecule has 36 heavy (non-hydrogen) atoms. The number of ether oxygens (including phenoxy) is 1. The van der Waals surface area contributed by atoms with E-state index in [1.165, 1.54) is 18.2 Å². The number of carbonyl (C=O) groups excluding carboxylic acids is 2. The first-order valence-electron chi connectivity index (χ1n) is 12.1. The molecule has 2 amide bonds. The predicted octanol–water partition coefficient (Wildman–Crippen LogP) is 4.50. The van der Waals surface area contributed by atoms with E-state index in [1.807, 2.05) is 0 Å². The number of hydrogen-bond acceptors (Lipinski definition) is 3. The first-order chi connectivity index (χ1) is 17.1. The van der Waals surface area contributed by atoms with Gasteiger partial charge in [-0.1, -0.05) is 0 Å². The second-order valence-electron chi connectivity index (χ2n) is 10.1. The van der Waals surface area contributed by atoms with Gasteiger partial charge < -0.3 is 19.9 Å². The van der Waals surface area contributed by atoms with Crippen LogP contribution < -0.4 is 5.32 Å². The van der Waals surface area contributed by atoms with Gasteiger partial charge in [0.05, 0.1) is 24.4 Å². The van der Waals surface area contributed by atoms with Crippen LogP contribution in [-0.4, -0.2) is 53.5 Å². The number of morpholine rings is 1. The first kappa shape index (κ1) is 24.4. The van der Waals surface area contributed by atoms with E-state index in [4.69, 9.17) is 4.74 Å². The fourth-order valence-electron chi connectivity index (χ4n) is 5.20. The second kappa shape index (κ2) is 9.28. The van der Waals surface area contributed by atoms with Gasteiger partial charge >= 0.3 is 0 Å². The van der Waals surface area contributed by atoms with Crippen LogP contribution in [0.2, 0.25) is 0 Å². The third kappa shape index (κ3) is 4.48. The topological polar surface area (TPSA) is 74.4 Å². The summed E-state index contributed by atoms with van der Waals surface area (Å²) in [5.41, 5.74) is 1.05. The molecule has 0 unspecified atom stereocenters. The third-order valence-corrected chi connectivity index (χ3v) is 7.18. The number of carbonyl (C=O) groups is 2. The van der Waals surface area contributed by atoms with Crippen molar-refractivity contribution in [3.8, 4) is 11.3 Å². The molecule has 0 atom stereocenters. The summed E-state index contributed by atoms with van der Waals surface area (Å²) in [4.78, 5) is 30.7. The number of halogens is 3. The Morgan fingerprint density at radius 2 is 1.69 bits per heavy atom. The number of nitrogens with one attached hydrogen (secondary N) is 2. The van der Waals surface area contributed by atoms with E-state index < -0.39 is 23.0 Å². The van der Waals surface area contributed by atoms with Crippen LogP contribution in [0.1, 0.15) is 38.2 Å². The first-order valence-corrected chi connectivity index (χ1v) is 12.1. The SMILES string of the molecule is CC(C)(NC(=O)C1CC(c2c(-c3ccc(F)cc3)[nH]c3c(F)cc(F)cc23)C1)C(=O)N1CCOCC1. The van der Waals surface area contributed by atoms with Crippen molar-refractivity contribution in [1.82, 2.24) is 15.2 Å². The number of rotatable bonds is 5. The number of benzene rings is 2. The molecule has 190 valence electrons. The maximum Gasteiger partial charge on any atom is 0.247 e. The summed E-state index contributed by atoms with van der Waals surface area (Å²) in [6.07, 6.45) is 0.930. The summed E-state index contributed by atoms with van der Waals surface area (Å²) in [6, 6.07) is 7.90. The summed E-state index contributed by atoms with van der Waals surface area (Å²) < 4.78 is 47.5. The highest BCUT2D eigenvalue weighted by molar-refractivity contribution is 5.94. The van der Waals surface area contributed by atoms with E-state index in [1.54, 1.807) is 30.9 Å². The summed E-state index contributed by atoms with van der Waals surface area (Å²) in [6.45, 7) is 5.31. The fourth-order valence-corrected chi connectivity index (χ4v) is 5.20. The molecule has 2 fully saturated rings. The quantitative estimate of drug-likeness (QED) is 0.543. The molecule has 3 aromatic rings. The Morgan fingerprint density at radius 3 is 2.36 bits per heavy atom. The summed E-state index contributed by atoms with van der Waals surface area (Å²) in [7, 11) is 0. The molecule has 1 aliphatic heterocycles. The molecule has 0 spiro atoms. The summed E-state index contributed by atoms with van der Waals surface area (Å²) >= 11 is 0. The number of fused-ring (bicyclic) bond motifs is 1. The van der Waals surface area contributed by atoms with E-state index in [9.17, 15) is 22.8 Å². The average molecular weight is 500 g/mol. The highest BCUT2D eigenvalue weighted by Crippen LogP contribution is 2.48. The van der Waals surface area contributed by atoms with E-state index in [0.29, 0.717) is 61.4 Å². The molecule has 1 aromatic heterocycles. The van der Waals surface area contributed by atoms with Crippen LogP contribution >= 0.6 is 0 Å². The van der Waals surface area contributed by atoms with Crippen molar-refractivity contribution in [2.24, 2.45) is 5.92 Å². The van der Waals surface area contributed by atoms with Crippen molar-refractivity contribution in [3.05, 3.63) is 59.4 Å². The molecule has 2 aliphatic rings. The second-order valence-corrected chi connectivity index (χ2v) is 10.1. The lowest BCUT2D eigenvalue weighted by Gasteiger charge is -2.39. The molecule has 1 aliphatic carbocycles. The van der Waals surface area contributed by atoms with Gasteiger partial charge in [0.2, 0.25) is 11.8 Å². The van der Waals surface area contributed by atoms with Gasteiger partial charge in [0.1, 0.15) is 23.0 Å². The fraction of sp³-hybridized carbons (Fsp3) is 0.407. The Kier molecular flexibility index (Phi) is 6.28. The summed E-state index contributed by atoms with van der Waals surface area (Å²) in [5, 5.41) is 3.30. The standard InChI is InChI=1S/C27H28F3N3O3/c1-27(2,26(35)33-7-9-36-10-8-33)32-25(34)17-11-16(12-17)22-20-13-19(29)14-21(30)24(20)31-23(22)15-3-5-18(28)6-4-15/h3-6,13-14,16-17,31H,7-12H2,1-2H3,(H,32,34). The molecule has 9 heteroatoms. The van der Waals surface area contributed by atoms with E-state index in [-0.39, 0.29) is 29.2 Å². The Hall–Kier alpha value is -3.33. The number of amides is 2. The zero-order chi connectivity index (χ0) is 25.6. The predicted molar refractivity (Wildman–Crippen MR) is 129 cm³/mol. The van der Waals surface area contributed by atoms with Gasteiger partial charge in [-0.25, -0.2) is 13.2 Å². The molecule has 6 nitrogen and oxygen atoms in total. The van der Waals surface area contributed by atoms with Gasteiger partial charge in [0.25, 0.3) is 0 Å². The lowest BCUT2D eigenvalue weighted by molar-refractivity contribution is -0.145. The average Bonchev–Trinajstić information content (AvgIpc) is 3.17. The van der Waals surface area contributed by atoms with Crippen LogP contribution in [0, 0.1) is 23.4 Å². The highest BCUT2D eigenvalue weighted by atomic mass is 19.1. The minimum atomic E-state index is -1.06. The minimum absolute atomic E-state index is 0.131. The molecule has 2 aromatic carbocycles. The molecule has 1 saturated carbocycles. The largest absolute Gasteiger partial charge is 0.378 e. The van der Waals surface area contributed by atoms with Crippen molar-refractivity contribution in [1.29, 1.82) is 0 Å². The molecular weight excluding hydrogens is 471 g/mol. The van der Waals surface area contributed by atoms with Crippen LogP contribution in [0.5, 0.6) is 0 Å². The van der Waals surface area contributed by atoms with Gasteiger partial charge in [0, 0.05) is 30.5 Å². The minimum Gasteiger partial charge on any atom is -0.378 e. The lowest BCUT2D eigenvalue weighted by Crippen LogP contribution is -2.59. The van der Waals surface area contributed by atoms with Crippen molar-refractivity contribution in [2.45, 2.75) is 38.1 Å². The van der Waals surface area contributed by atoms with Crippen molar-refractivity contribution < 1.29 is 27.5 Å². The van der Waals surface area contributed by atoms with Gasteiger partial charge in [-0.2, -0.15) is 0 Å². The number of aromatic nitrogens is 1. The van der Waals surface area contributed by atoms with Crippen LogP contribution in [0.25, 0.3) is 22.2 Å². The monoisotopic (exact) mass is 499 g/mol. The Balaban J connectivity index is 1.36. The number of hydrogen-bond donors (Lipinski definition) is 2. The molecule has 5 rings (SSSR count).